The average Bonchev–Trinajstić information content (AvgIpc) is 3.08. The van der Waals surface area contributed by atoms with Crippen LogP contribution >= 0.6 is 0 Å². The fourth-order valence-electron chi connectivity index (χ4n) is 2.88. The molecular formula is C20H21N3O2. The Morgan fingerprint density at radius 1 is 1.12 bits per heavy atom. The van der Waals surface area contributed by atoms with Crippen LogP contribution in [0.25, 0.3) is 5.69 Å². The first-order valence-electron chi connectivity index (χ1n) is 8.13. The predicted octanol–water partition coefficient (Wildman–Crippen LogP) is 3.82. The van der Waals surface area contributed by atoms with E-state index in [0.29, 0.717) is 5.69 Å². The average molecular weight is 335 g/mol. The van der Waals surface area contributed by atoms with Gasteiger partial charge in [0.15, 0.2) is 6.61 Å². The zero-order valence-electron chi connectivity index (χ0n) is 14.6. The summed E-state index contributed by atoms with van der Waals surface area (Å²) in [6.45, 7) is 5.99. The molecule has 0 saturated heterocycles. The number of aromatic nitrogens is 2. The molecule has 0 atom stereocenters. The molecule has 5 nitrogen and oxygen atoms in total. The molecule has 2 aromatic carbocycles. The van der Waals surface area contributed by atoms with Gasteiger partial charge in [0.2, 0.25) is 0 Å². The lowest BCUT2D eigenvalue weighted by Gasteiger charge is -2.13. The third-order valence-electron chi connectivity index (χ3n) is 3.85. The standard InChI is InChI=1S/C20H21N3O2/c1-14-10-15(2)20(16(3)11-14)25-13-19(24)22-17-6-4-7-18(12-17)23-9-5-8-21-23/h4-12H,13H2,1-3H3,(H,22,24). The van der Waals surface area contributed by atoms with Gasteiger partial charge in [0.25, 0.3) is 5.91 Å². The number of hydrogen-bond donors (Lipinski definition) is 1. The minimum absolute atomic E-state index is 0.0310. The molecular weight excluding hydrogens is 314 g/mol. The number of nitrogens with zero attached hydrogens (tertiary/aromatic N) is 2. The van der Waals surface area contributed by atoms with Crippen LogP contribution in [-0.4, -0.2) is 22.3 Å². The summed E-state index contributed by atoms with van der Waals surface area (Å²) in [5.41, 5.74) is 4.84. The highest BCUT2D eigenvalue weighted by Gasteiger charge is 2.09. The molecule has 1 amide bonds. The van der Waals surface area contributed by atoms with E-state index in [1.807, 2.05) is 69.4 Å². The minimum atomic E-state index is -0.197. The Kier molecular flexibility index (Phi) is 4.84. The first kappa shape index (κ1) is 16.8. The van der Waals surface area contributed by atoms with Crippen molar-refractivity contribution in [3.05, 3.63) is 71.5 Å². The highest BCUT2D eigenvalue weighted by Crippen LogP contribution is 2.24. The summed E-state index contributed by atoms with van der Waals surface area (Å²) >= 11 is 0. The van der Waals surface area contributed by atoms with Crippen LogP contribution in [0, 0.1) is 20.8 Å². The van der Waals surface area contributed by atoms with Gasteiger partial charge in [0, 0.05) is 18.1 Å². The van der Waals surface area contributed by atoms with Gasteiger partial charge in [-0.3, -0.25) is 4.79 Å². The summed E-state index contributed by atoms with van der Waals surface area (Å²) in [5.74, 6) is 0.572. The smallest absolute Gasteiger partial charge is 0.262 e. The van der Waals surface area contributed by atoms with Crippen molar-refractivity contribution in [2.24, 2.45) is 0 Å². The normalized spacial score (nSPS) is 10.5. The Balaban J connectivity index is 1.65. The molecule has 1 heterocycles. The number of ether oxygens (including phenoxy) is 1. The molecule has 3 aromatic rings. The third-order valence-corrected chi connectivity index (χ3v) is 3.85. The van der Waals surface area contributed by atoms with Crippen molar-refractivity contribution < 1.29 is 9.53 Å². The van der Waals surface area contributed by atoms with Gasteiger partial charge in [-0.2, -0.15) is 5.10 Å². The maximum absolute atomic E-state index is 12.2. The molecule has 1 aromatic heterocycles. The second-order valence-corrected chi connectivity index (χ2v) is 6.07. The van der Waals surface area contributed by atoms with Crippen LogP contribution in [-0.2, 0) is 4.79 Å². The molecule has 0 aliphatic rings. The zero-order valence-corrected chi connectivity index (χ0v) is 14.6. The van der Waals surface area contributed by atoms with Crippen LogP contribution in [0.15, 0.2) is 54.9 Å². The van der Waals surface area contributed by atoms with Crippen molar-refractivity contribution in [2.45, 2.75) is 20.8 Å². The second-order valence-electron chi connectivity index (χ2n) is 6.07. The molecule has 0 unspecified atom stereocenters. The topological polar surface area (TPSA) is 56.1 Å². The summed E-state index contributed by atoms with van der Waals surface area (Å²) in [4.78, 5) is 12.2. The van der Waals surface area contributed by atoms with Crippen LogP contribution in [0.1, 0.15) is 16.7 Å². The molecule has 128 valence electrons. The molecule has 0 saturated carbocycles. The van der Waals surface area contributed by atoms with Crippen LogP contribution in [0.2, 0.25) is 0 Å². The van der Waals surface area contributed by atoms with Crippen molar-refractivity contribution in [3.8, 4) is 11.4 Å². The number of benzene rings is 2. The molecule has 0 aliphatic heterocycles. The first-order chi connectivity index (χ1) is 12.0. The van der Waals surface area contributed by atoms with E-state index < -0.39 is 0 Å². The minimum Gasteiger partial charge on any atom is -0.483 e. The van der Waals surface area contributed by atoms with E-state index in [1.165, 1.54) is 5.56 Å². The van der Waals surface area contributed by atoms with Gasteiger partial charge < -0.3 is 10.1 Å². The Labute approximate surface area is 147 Å². The van der Waals surface area contributed by atoms with Crippen LogP contribution in [0.5, 0.6) is 5.75 Å². The second kappa shape index (κ2) is 7.21. The van der Waals surface area contributed by atoms with E-state index >= 15 is 0 Å². The fourth-order valence-corrected chi connectivity index (χ4v) is 2.88. The van der Waals surface area contributed by atoms with Gasteiger partial charge in [-0.15, -0.1) is 0 Å². The predicted molar refractivity (Wildman–Crippen MR) is 98.3 cm³/mol. The van der Waals surface area contributed by atoms with Crippen molar-refractivity contribution in [1.29, 1.82) is 0 Å². The lowest BCUT2D eigenvalue weighted by atomic mass is 10.1. The van der Waals surface area contributed by atoms with Gasteiger partial charge in [0.05, 0.1) is 5.69 Å². The maximum atomic E-state index is 12.2. The number of nitrogens with one attached hydrogen (secondary N) is 1. The maximum Gasteiger partial charge on any atom is 0.262 e. The SMILES string of the molecule is Cc1cc(C)c(OCC(=O)Nc2cccc(-n3cccn3)c2)c(C)c1. The van der Waals surface area contributed by atoms with E-state index in [2.05, 4.69) is 10.4 Å². The highest BCUT2D eigenvalue weighted by atomic mass is 16.5. The quantitative estimate of drug-likeness (QED) is 0.771. The molecule has 0 fully saturated rings. The number of hydrogen-bond acceptors (Lipinski definition) is 3. The van der Waals surface area contributed by atoms with Crippen LogP contribution in [0.3, 0.4) is 0 Å². The number of rotatable bonds is 5. The number of aryl methyl sites for hydroxylation is 3. The first-order valence-corrected chi connectivity index (χ1v) is 8.13. The third kappa shape index (κ3) is 4.07. The number of amides is 1. The zero-order chi connectivity index (χ0) is 17.8. The van der Waals surface area contributed by atoms with E-state index in [4.69, 9.17) is 4.74 Å². The Morgan fingerprint density at radius 2 is 1.88 bits per heavy atom. The largest absolute Gasteiger partial charge is 0.483 e. The van der Waals surface area contributed by atoms with Gasteiger partial charge in [0.1, 0.15) is 5.75 Å². The molecule has 5 heteroatoms. The molecule has 0 aliphatic carbocycles. The van der Waals surface area contributed by atoms with Crippen molar-refractivity contribution in [3.63, 3.8) is 0 Å². The Bertz CT molecular complexity index is 863. The monoisotopic (exact) mass is 335 g/mol. The molecule has 3 rings (SSSR count). The van der Waals surface area contributed by atoms with Gasteiger partial charge in [-0.1, -0.05) is 23.8 Å². The number of anilines is 1. The summed E-state index contributed by atoms with van der Waals surface area (Å²) < 4.78 is 7.47. The highest BCUT2D eigenvalue weighted by molar-refractivity contribution is 5.92. The summed E-state index contributed by atoms with van der Waals surface area (Å²) in [6, 6.07) is 13.5. The lowest BCUT2D eigenvalue weighted by molar-refractivity contribution is -0.118. The van der Waals surface area contributed by atoms with E-state index in [0.717, 1.165) is 22.6 Å². The van der Waals surface area contributed by atoms with E-state index in [-0.39, 0.29) is 12.5 Å². The van der Waals surface area contributed by atoms with Gasteiger partial charge in [-0.25, -0.2) is 4.68 Å². The fraction of sp³-hybridized carbons (Fsp3) is 0.200. The summed E-state index contributed by atoms with van der Waals surface area (Å²) in [6.07, 6.45) is 3.57. The lowest BCUT2D eigenvalue weighted by Crippen LogP contribution is -2.20. The Hall–Kier alpha value is -3.08. The number of carbonyl (C=O) groups excluding carboxylic acids is 1. The van der Waals surface area contributed by atoms with E-state index in [9.17, 15) is 4.79 Å². The number of carbonyl (C=O) groups is 1. The summed E-state index contributed by atoms with van der Waals surface area (Å²) in [5, 5.41) is 7.05. The van der Waals surface area contributed by atoms with Crippen LogP contribution < -0.4 is 10.1 Å². The molecule has 0 radical (unpaired) electrons. The molecule has 0 bridgehead atoms. The molecule has 1 N–H and O–H groups in total. The van der Waals surface area contributed by atoms with Crippen molar-refractivity contribution >= 4 is 11.6 Å². The van der Waals surface area contributed by atoms with Gasteiger partial charge in [-0.05, 0) is 56.2 Å². The summed E-state index contributed by atoms with van der Waals surface area (Å²) in [7, 11) is 0. The molecule has 25 heavy (non-hydrogen) atoms. The van der Waals surface area contributed by atoms with Crippen molar-refractivity contribution in [1.82, 2.24) is 9.78 Å². The van der Waals surface area contributed by atoms with Gasteiger partial charge >= 0.3 is 0 Å². The Morgan fingerprint density at radius 3 is 2.56 bits per heavy atom. The van der Waals surface area contributed by atoms with Crippen LogP contribution in [0.4, 0.5) is 5.69 Å². The molecule has 0 spiro atoms. The van der Waals surface area contributed by atoms with Crippen molar-refractivity contribution in [2.75, 3.05) is 11.9 Å². The van der Waals surface area contributed by atoms with E-state index in [1.54, 1.807) is 10.9 Å².